The maximum absolute atomic E-state index is 9.45. The maximum atomic E-state index is 9.45. The molecule has 2 aromatic rings. The minimum Gasteiger partial charge on any atom is -0.508 e. The van der Waals surface area contributed by atoms with Crippen LogP contribution in [0.2, 0.25) is 0 Å². The number of phenols is 2. The van der Waals surface area contributed by atoms with Crippen molar-refractivity contribution < 1.29 is 10.2 Å². The fourth-order valence-electron chi connectivity index (χ4n) is 2.34. The standard InChI is InChI=1S/C17H20O2/c1-13(7-8-14-5-3-2-4-6-14)9-15-10-16(18)12-17(19)11-15/h2-6,10-13,18-19H,7-9H2,1H3. The maximum Gasteiger partial charge on any atom is 0.119 e. The third-order valence-electron chi connectivity index (χ3n) is 3.32. The van der Waals surface area contributed by atoms with Gasteiger partial charge in [-0.3, -0.25) is 0 Å². The van der Waals surface area contributed by atoms with Crippen LogP contribution in [0.1, 0.15) is 24.5 Å². The molecule has 2 nitrogen and oxygen atoms in total. The van der Waals surface area contributed by atoms with E-state index in [0.29, 0.717) is 5.92 Å². The van der Waals surface area contributed by atoms with E-state index in [-0.39, 0.29) is 11.5 Å². The van der Waals surface area contributed by atoms with E-state index < -0.39 is 0 Å². The first-order valence-electron chi connectivity index (χ1n) is 6.69. The summed E-state index contributed by atoms with van der Waals surface area (Å²) in [6, 6.07) is 15.2. The molecule has 0 aliphatic heterocycles. The smallest absolute Gasteiger partial charge is 0.119 e. The zero-order valence-corrected chi connectivity index (χ0v) is 11.2. The summed E-state index contributed by atoms with van der Waals surface area (Å²) in [4.78, 5) is 0. The molecule has 2 N–H and O–H groups in total. The van der Waals surface area contributed by atoms with E-state index in [4.69, 9.17) is 0 Å². The molecule has 0 saturated heterocycles. The second-order valence-electron chi connectivity index (χ2n) is 5.19. The number of hydrogen-bond donors (Lipinski definition) is 2. The molecule has 2 aromatic carbocycles. The average Bonchev–Trinajstić information content (AvgIpc) is 2.36. The molecule has 2 rings (SSSR count). The SMILES string of the molecule is CC(CCc1ccccc1)Cc1cc(O)cc(O)c1. The van der Waals surface area contributed by atoms with Crippen molar-refractivity contribution in [3.8, 4) is 11.5 Å². The fraction of sp³-hybridized carbons (Fsp3) is 0.294. The number of phenolic OH excluding ortho intramolecular Hbond substituents is 2. The van der Waals surface area contributed by atoms with Crippen LogP contribution >= 0.6 is 0 Å². The zero-order chi connectivity index (χ0) is 13.7. The lowest BCUT2D eigenvalue weighted by Gasteiger charge is -2.12. The van der Waals surface area contributed by atoms with Gasteiger partial charge in [0.2, 0.25) is 0 Å². The van der Waals surface area contributed by atoms with Gasteiger partial charge in [0.25, 0.3) is 0 Å². The van der Waals surface area contributed by atoms with Crippen LogP contribution in [0.5, 0.6) is 11.5 Å². The zero-order valence-electron chi connectivity index (χ0n) is 11.2. The highest BCUT2D eigenvalue weighted by Crippen LogP contribution is 2.23. The molecule has 19 heavy (non-hydrogen) atoms. The Morgan fingerprint density at radius 2 is 1.53 bits per heavy atom. The summed E-state index contributed by atoms with van der Waals surface area (Å²) >= 11 is 0. The molecule has 0 radical (unpaired) electrons. The van der Waals surface area contributed by atoms with Gasteiger partial charge in [0.15, 0.2) is 0 Å². The predicted molar refractivity (Wildman–Crippen MR) is 77.4 cm³/mol. The van der Waals surface area contributed by atoms with Gasteiger partial charge in [-0.25, -0.2) is 0 Å². The Kier molecular flexibility index (Phi) is 4.45. The number of hydrogen-bond acceptors (Lipinski definition) is 2. The van der Waals surface area contributed by atoms with Crippen molar-refractivity contribution in [3.05, 3.63) is 59.7 Å². The van der Waals surface area contributed by atoms with Crippen LogP contribution in [-0.2, 0) is 12.8 Å². The van der Waals surface area contributed by atoms with Crippen molar-refractivity contribution in [1.29, 1.82) is 0 Å². The molecule has 1 unspecified atom stereocenters. The molecular weight excluding hydrogens is 236 g/mol. The number of aromatic hydroxyl groups is 2. The van der Waals surface area contributed by atoms with E-state index in [1.54, 1.807) is 12.1 Å². The van der Waals surface area contributed by atoms with Gasteiger partial charge in [-0.1, -0.05) is 37.3 Å². The van der Waals surface area contributed by atoms with Crippen molar-refractivity contribution in [3.63, 3.8) is 0 Å². The van der Waals surface area contributed by atoms with Crippen LogP contribution in [-0.4, -0.2) is 10.2 Å². The fourth-order valence-corrected chi connectivity index (χ4v) is 2.34. The van der Waals surface area contributed by atoms with Crippen molar-refractivity contribution in [1.82, 2.24) is 0 Å². The lowest BCUT2D eigenvalue weighted by molar-refractivity contribution is 0.447. The lowest BCUT2D eigenvalue weighted by Crippen LogP contribution is -2.01. The lowest BCUT2D eigenvalue weighted by atomic mass is 9.94. The molecule has 0 heterocycles. The quantitative estimate of drug-likeness (QED) is 0.851. The Morgan fingerprint density at radius 1 is 0.895 bits per heavy atom. The van der Waals surface area contributed by atoms with Gasteiger partial charge in [0.05, 0.1) is 0 Å². The molecular formula is C17H20O2. The normalized spacial score (nSPS) is 12.3. The molecule has 100 valence electrons. The molecule has 0 aliphatic carbocycles. The largest absolute Gasteiger partial charge is 0.508 e. The molecule has 0 saturated carbocycles. The molecule has 0 aromatic heterocycles. The highest BCUT2D eigenvalue weighted by atomic mass is 16.3. The monoisotopic (exact) mass is 256 g/mol. The van der Waals surface area contributed by atoms with Gasteiger partial charge in [-0.15, -0.1) is 0 Å². The minimum atomic E-state index is 0.130. The van der Waals surface area contributed by atoms with Gasteiger partial charge in [-0.05, 0) is 48.4 Å². The van der Waals surface area contributed by atoms with E-state index in [9.17, 15) is 10.2 Å². The number of benzene rings is 2. The van der Waals surface area contributed by atoms with Crippen LogP contribution in [0.3, 0.4) is 0 Å². The summed E-state index contributed by atoms with van der Waals surface area (Å²) in [5.74, 6) is 0.775. The highest BCUT2D eigenvalue weighted by Gasteiger charge is 2.06. The number of rotatable bonds is 5. The van der Waals surface area contributed by atoms with Crippen molar-refractivity contribution in [2.45, 2.75) is 26.2 Å². The second kappa shape index (κ2) is 6.28. The van der Waals surface area contributed by atoms with Gasteiger partial charge in [0.1, 0.15) is 11.5 Å². The van der Waals surface area contributed by atoms with Gasteiger partial charge >= 0.3 is 0 Å². The van der Waals surface area contributed by atoms with E-state index in [1.165, 1.54) is 11.6 Å². The van der Waals surface area contributed by atoms with Gasteiger partial charge in [-0.2, -0.15) is 0 Å². The Hall–Kier alpha value is -1.96. The van der Waals surface area contributed by atoms with Gasteiger partial charge < -0.3 is 10.2 Å². The Bertz CT molecular complexity index is 500. The van der Waals surface area contributed by atoms with Crippen molar-refractivity contribution in [2.75, 3.05) is 0 Å². The van der Waals surface area contributed by atoms with E-state index in [1.807, 2.05) is 6.07 Å². The molecule has 0 amide bonds. The highest BCUT2D eigenvalue weighted by molar-refractivity contribution is 5.36. The summed E-state index contributed by atoms with van der Waals surface area (Å²) in [7, 11) is 0. The summed E-state index contributed by atoms with van der Waals surface area (Å²) < 4.78 is 0. The number of aryl methyl sites for hydroxylation is 1. The van der Waals surface area contributed by atoms with Crippen molar-refractivity contribution in [2.24, 2.45) is 5.92 Å². The van der Waals surface area contributed by atoms with E-state index in [2.05, 4.69) is 31.2 Å². The van der Waals surface area contributed by atoms with Crippen molar-refractivity contribution >= 4 is 0 Å². The molecule has 0 aliphatic rings. The molecule has 0 bridgehead atoms. The van der Waals surface area contributed by atoms with Crippen LogP contribution in [0, 0.1) is 5.92 Å². The molecule has 1 atom stereocenters. The second-order valence-corrected chi connectivity index (χ2v) is 5.19. The van der Waals surface area contributed by atoms with Crippen LogP contribution in [0.25, 0.3) is 0 Å². The topological polar surface area (TPSA) is 40.5 Å². The van der Waals surface area contributed by atoms with Gasteiger partial charge in [0, 0.05) is 6.07 Å². The predicted octanol–water partition coefficient (Wildman–Crippen LogP) is 3.91. The molecule has 2 heteroatoms. The Labute approximate surface area is 114 Å². The molecule has 0 spiro atoms. The van der Waals surface area contributed by atoms with Crippen LogP contribution in [0.4, 0.5) is 0 Å². The van der Waals surface area contributed by atoms with E-state index in [0.717, 1.165) is 24.8 Å². The first-order chi connectivity index (χ1) is 9.13. The summed E-state index contributed by atoms with van der Waals surface area (Å²) in [5.41, 5.74) is 2.34. The summed E-state index contributed by atoms with van der Waals surface area (Å²) in [6.07, 6.45) is 3.03. The molecule has 0 fully saturated rings. The van der Waals surface area contributed by atoms with E-state index >= 15 is 0 Å². The third-order valence-corrected chi connectivity index (χ3v) is 3.32. The van der Waals surface area contributed by atoms with Crippen LogP contribution in [0.15, 0.2) is 48.5 Å². The average molecular weight is 256 g/mol. The third kappa shape index (κ3) is 4.32. The summed E-state index contributed by atoms with van der Waals surface area (Å²) in [6.45, 7) is 2.20. The minimum absolute atomic E-state index is 0.130. The van der Waals surface area contributed by atoms with Crippen LogP contribution < -0.4 is 0 Å². The first-order valence-corrected chi connectivity index (χ1v) is 6.69. The Morgan fingerprint density at radius 3 is 2.16 bits per heavy atom. The summed E-state index contributed by atoms with van der Waals surface area (Å²) in [5, 5.41) is 18.9. The Balaban J connectivity index is 1.89. The first kappa shape index (κ1) is 13.5.